The van der Waals surface area contributed by atoms with Gasteiger partial charge in [0.15, 0.2) is 0 Å². The van der Waals surface area contributed by atoms with Gasteiger partial charge in [-0.3, -0.25) is 0 Å². The van der Waals surface area contributed by atoms with Gasteiger partial charge in [0.1, 0.15) is 12.4 Å². The van der Waals surface area contributed by atoms with Crippen molar-refractivity contribution in [2.24, 2.45) is 0 Å². The van der Waals surface area contributed by atoms with Crippen LogP contribution in [0, 0.1) is 0 Å². The number of hydrogen-bond acceptors (Lipinski definition) is 5. The lowest BCUT2D eigenvalue weighted by Gasteiger charge is -2.28. The summed E-state index contributed by atoms with van der Waals surface area (Å²) in [5.41, 5.74) is 1.74. The zero-order valence-electron chi connectivity index (χ0n) is 15.5. The van der Waals surface area contributed by atoms with Gasteiger partial charge in [0.25, 0.3) is 0 Å². The Morgan fingerprint density at radius 2 is 1.92 bits per heavy atom. The smallest absolute Gasteiger partial charge is 0.338 e. The number of ether oxygens (including phenoxy) is 2. The number of hydrogen-bond donors (Lipinski definition) is 2. The lowest BCUT2D eigenvalue weighted by Crippen LogP contribution is -2.45. The summed E-state index contributed by atoms with van der Waals surface area (Å²) in [5.74, 6) is 2.08. The molecule has 6 nitrogen and oxygen atoms in total. The van der Waals surface area contributed by atoms with Gasteiger partial charge in [0.2, 0.25) is 0 Å². The first-order chi connectivity index (χ1) is 12.6. The highest BCUT2D eigenvalue weighted by Crippen LogP contribution is 2.29. The molecule has 0 aliphatic carbocycles. The zero-order valence-corrected chi connectivity index (χ0v) is 16.3. The molecular formula is C19H26N2O4S. The highest BCUT2D eigenvalue weighted by molar-refractivity contribution is 7.99. The molecule has 1 heterocycles. The molecule has 1 aromatic rings. The van der Waals surface area contributed by atoms with E-state index in [4.69, 9.17) is 9.47 Å². The van der Waals surface area contributed by atoms with E-state index in [1.165, 1.54) is 0 Å². The molecule has 0 unspecified atom stereocenters. The Labute approximate surface area is 158 Å². The number of thioether (sulfide) groups is 1. The van der Waals surface area contributed by atoms with E-state index in [1.54, 1.807) is 18.7 Å². The van der Waals surface area contributed by atoms with E-state index in [1.807, 2.05) is 31.2 Å². The van der Waals surface area contributed by atoms with Crippen LogP contribution in [-0.4, -0.2) is 36.7 Å². The van der Waals surface area contributed by atoms with Crippen molar-refractivity contribution >= 4 is 23.8 Å². The molecule has 1 atom stereocenters. The van der Waals surface area contributed by atoms with E-state index in [0.29, 0.717) is 24.5 Å². The molecule has 142 valence electrons. The first-order valence-corrected chi connectivity index (χ1v) is 9.98. The third-order valence-corrected chi connectivity index (χ3v) is 4.70. The maximum Gasteiger partial charge on any atom is 0.338 e. The van der Waals surface area contributed by atoms with Crippen LogP contribution in [0.4, 0.5) is 4.79 Å². The molecule has 0 radical (unpaired) electrons. The van der Waals surface area contributed by atoms with Crippen LogP contribution in [0.1, 0.15) is 38.8 Å². The van der Waals surface area contributed by atoms with Crippen molar-refractivity contribution in [3.05, 3.63) is 41.1 Å². The fourth-order valence-electron chi connectivity index (χ4n) is 2.61. The Hall–Kier alpha value is -2.15. The molecule has 7 heteroatoms. The van der Waals surface area contributed by atoms with Gasteiger partial charge in [-0.15, -0.1) is 0 Å². The maximum absolute atomic E-state index is 12.6. The Morgan fingerprint density at radius 1 is 1.19 bits per heavy atom. The van der Waals surface area contributed by atoms with Crippen molar-refractivity contribution in [2.45, 2.75) is 33.2 Å². The van der Waals surface area contributed by atoms with Crippen molar-refractivity contribution in [1.29, 1.82) is 0 Å². The molecule has 26 heavy (non-hydrogen) atoms. The first kappa shape index (κ1) is 20.2. The molecule has 0 saturated carbocycles. The molecule has 2 N–H and O–H groups in total. The molecule has 0 bridgehead atoms. The predicted octanol–water partition coefficient (Wildman–Crippen LogP) is 3.40. The molecule has 0 aromatic heterocycles. The molecular weight excluding hydrogens is 352 g/mol. The van der Waals surface area contributed by atoms with Crippen molar-refractivity contribution < 1.29 is 19.1 Å². The summed E-state index contributed by atoms with van der Waals surface area (Å²) in [5, 5.41) is 5.45. The monoisotopic (exact) mass is 378 g/mol. The number of nitrogens with one attached hydrogen (secondary N) is 2. The van der Waals surface area contributed by atoms with Crippen LogP contribution in [-0.2, 0) is 9.53 Å². The second-order valence-electron chi connectivity index (χ2n) is 5.82. The molecule has 1 aliphatic rings. The minimum Gasteiger partial charge on any atom is -0.494 e. The van der Waals surface area contributed by atoms with E-state index in [-0.39, 0.29) is 6.03 Å². The van der Waals surface area contributed by atoms with Crippen LogP contribution in [0.15, 0.2) is 35.5 Å². The second-order valence-corrected chi connectivity index (χ2v) is 7.21. The van der Waals surface area contributed by atoms with Crippen LogP contribution in [0.3, 0.4) is 0 Å². The molecule has 1 aliphatic heterocycles. The molecule has 0 fully saturated rings. The zero-order chi connectivity index (χ0) is 18.9. The van der Waals surface area contributed by atoms with Gasteiger partial charge in [-0.1, -0.05) is 26.0 Å². The highest BCUT2D eigenvalue weighted by Gasteiger charge is 2.32. The Balaban J connectivity index is 2.16. The summed E-state index contributed by atoms with van der Waals surface area (Å²) in [6.45, 7) is 6.81. The fraction of sp³-hybridized carbons (Fsp3) is 0.474. The SMILES string of the molecule is CCCOc1ccc([C@H]2NC(=O)NC(C)=C2C(=O)OCCSCC)cc1. The summed E-state index contributed by atoms with van der Waals surface area (Å²) >= 11 is 1.71. The Bertz CT molecular complexity index is 658. The minimum atomic E-state index is -0.546. The third-order valence-electron chi connectivity index (χ3n) is 3.84. The number of carbonyl (C=O) groups is 2. The van der Waals surface area contributed by atoms with Crippen molar-refractivity contribution in [3.8, 4) is 5.75 Å². The largest absolute Gasteiger partial charge is 0.494 e. The van der Waals surface area contributed by atoms with Crippen molar-refractivity contribution in [3.63, 3.8) is 0 Å². The average molecular weight is 378 g/mol. The van der Waals surface area contributed by atoms with E-state index >= 15 is 0 Å². The van der Waals surface area contributed by atoms with E-state index in [0.717, 1.165) is 29.2 Å². The minimum absolute atomic E-state index is 0.336. The van der Waals surface area contributed by atoms with Gasteiger partial charge in [-0.25, -0.2) is 9.59 Å². The summed E-state index contributed by atoms with van der Waals surface area (Å²) in [6, 6.07) is 6.51. The molecule has 0 saturated heterocycles. The highest BCUT2D eigenvalue weighted by atomic mass is 32.2. The van der Waals surface area contributed by atoms with Crippen LogP contribution in [0.2, 0.25) is 0 Å². The molecule has 0 spiro atoms. The van der Waals surface area contributed by atoms with Crippen LogP contribution in [0.25, 0.3) is 0 Å². The second kappa shape index (κ2) is 10.1. The molecule has 2 rings (SSSR count). The van der Waals surface area contributed by atoms with Crippen molar-refractivity contribution in [1.82, 2.24) is 10.6 Å². The number of benzene rings is 1. The lowest BCUT2D eigenvalue weighted by atomic mass is 9.95. The number of urea groups is 1. The topological polar surface area (TPSA) is 76.7 Å². The standard InChI is InChI=1S/C19H26N2O4S/c1-4-10-24-15-8-6-14(7-9-15)17-16(13(3)20-19(23)21-17)18(22)25-11-12-26-5-2/h6-9,17H,4-5,10-12H2,1-3H3,(H2,20,21,23)/t17-/m1/s1. The molecule has 2 amide bonds. The Morgan fingerprint density at radius 3 is 2.58 bits per heavy atom. The third kappa shape index (κ3) is 5.42. The van der Waals surface area contributed by atoms with Crippen LogP contribution in [0.5, 0.6) is 5.75 Å². The van der Waals surface area contributed by atoms with E-state index < -0.39 is 12.0 Å². The van der Waals surface area contributed by atoms with E-state index in [2.05, 4.69) is 17.6 Å². The first-order valence-electron chi connectivity index (χ1n) is 8.82. The van der Waals surface area contributed by atoms with Gasteiger partial charge in [-0.05, 0) is 36.8 Å². The van der Waals surface area contributed by atoms with Gasteiger partial charge in [-0.2, -0.15) is 11.8 Å². The van der Waals surface area contributed by atoms with Gasteiger partial charge in [0.05, 0.1) is 18.2 Å². The van der Waals surface area contributed by atoms with Crippen LogP contribution < -0.4 is 15.4 Å². The summed E-state index contributed by atoms with van der Waals surface area (Å²) in [4.78, 5) is 24.5. The quantitative estimate of drug-likeness (QED) is 0.509. The van der Waals surface area contributed by atoms with E-state index in [9.17, 15) is 9.59 Å². The lowest BCUT2D eigenvalue weighted by molar-refractivity contribution is -0.138. The number of rotatable bonds is 9. The number of carbonyl (C=O) groups excluding carboxylic acids is 2. The number of amides is 2. The summed E-state index contributed by atoms with van der Waals surface area (Å²) in [7, 11) is 0. The predicted molar refractivity (Wildman–Crippen MR) is 103 cm³/mol. The Kier molecular flexibility index (Phi) is 7.84. The van der Waals surface area contributed by atoms with Crippen LogP contribution >= 0.6 is 11.8 Å². The maximum atomic E-state index is 12.6. The van der Waals surface area contributed by atoms with Gasteiger partial charge < -0.3 is 20.1 Å². The van der Waals surface area contributed by atoms with Gasteiger partial charge >= 0.3 is 12.0 Å². The van der Waals surface area contributed by atoms with Gasteiger partial charge in [0, 0.05) is 11.4 Å². The normalized spacial score (nSPS) is 16.7. The summed E-state index contributed by atoms with van der Waals surface area (Å²) < 4.78 is 11.0. The fourth-order valence-corrected chi connectivity index (χ4v) is 3.10. The van der Waals surface area contributed by atoms with Crippen molar-refractivity contribution in [2.75, 3.05) is 24.7 Å². The molecule has 1 aromatic carbocycles. The summed E-state index contributed by atoms with van der Waals surface area (Å²) in [6.07, 6.45) is 0.931. The average Bonchev–Trinajstić information content (AvgIpc) is 2.63. The number of esters is 1. The number of allylic oxidation sites excluding steroid dienone is 1.